The van der Waals surface area contributed by atoms with E-state index < -0.39 is 0 Å². The third-order valence-electron chi connectivity index (χ3n) is 6.33. The molecule has 0 aromatic carbocycles. The number of carbonyl (C=O) groups excluding carboxylic acids is 2. The summed E-state index contributed by atoms with van der Waals surface area (Å²) in [6.45, 7) is 4.08. The predicted octanol–water partition coefficient (Wildman–Crippen LogP) is 3.32. The van der Waals surface area contributed by atoms with Crippen LogP contribution in [-0.4, -0.2) is 28.6 Å². The number of hydrogen-bond acceptors (Lipinski definition) is 5. The largest absolute Gasteiger partial charge is 0.347 e. The molecule has 4 saturated carbocycles. The minimum atomic E-state index is -0.240. The van der Waals surface area contributed by atoms with Crippen molar-refractivity contribution in [3.05, 3.63) is 5.01 Å². The molecule has 2 N–H and O–H groups in total. The van der Waals surface area contributed by atoms with Crippen molar-refractivity contribution in [1.82, 2.24) is 15.5 Å². The van der Waals surface area contributed by atoms with Crippen LogP contribution >= 0.6 is 11.3 Å². The number of nitrogens with zero attached hydrogens (tertiary/aromatic N) is 2. The molecule has 26 heavy (non-hydrogen) atoms. The highest BCUT2D eigenvalue weighted by atomic mass is 32.1. The highest BCUT2D eigenvalue weighted by molar-refractivity contribution is 7.15. The second-order valence-electron chi connectivity index (χ2n) is 9.02. The Hall–Kier alpha value is -1.50. The highest BCUT2D eigenvalue weighted by Crippen LogP contribution is 2.61. The first-order valence-electron chi connectivity index (χ1n) is 9.81. The summed E-state index contributed by atoms with van der Waals surface area (Å²) >= 11 is 1.38. The lowest BCUT2D eigenvalue weighted by Gasteiger charge is -2.56. The molecule has 1 heterocycles. The van der Waals surface area contributed by atoms with Crippen LogP contribution in [0.5, 0.6) is 0 Å². The van der Waals surface area contributed by atoms with Crippen LogP contribution in [0.25, 0.3) is 0 Å². The molecule has 4 aliphatic rings. The summed E-state index contributed by atoms with van der Waals surface area (Å²) in [5.41, 5.74) is 0.209. The zero-order chi connectivity index (χ0) is 18.3. The fraction of sp³-hybridized carbons (Fsp3) is 0.789. The van der Waals surface area contributed by atoms with Gasteiger partial charge in [0.25, 0.3) is 0 Å². The summed E-state index contributed by atoms with van der Waals surface area (Å²) in [7, 11) is 0. The predicted molar refractivity (Wildman–Crippen MR) is 101 cm³/mol. The molecule has 5 rings (SSSR count). The van der Waals surface area contributed by atoms with Crippen LogP contribution < -0.4 is 10.6 Å². The van der Waals surface area contributed by atoms with E-state index in [0.29, 0.717) is 11.6 Å². The number of nitrogens with one attached hydrogen (secondary N) is 2. The average molecular weight is 377 g/mol. The summed E-state index contributed by atoms with van der Waals surface area (Å²) in [6, 6.07) is 0. The summed E-state index contributed by atoms with van der Waals surface area (Å²) < 4.78 is 0. The summed E-state index contributed by atoms with van der Waals surface area (Å²) in [4.78, 5) is 24.5. The monoisotopic (exact) mass is 376 g/mol. The molecule has 2 amide bonds. The van der Waals surface area contributed by atoms with Crippen molar-refractivity contribution in [1.29, 1.82) is 0 Å². The zero-order valence-corrected chi connectivity index (χ0v) is 16.4. The minimum Gasteiger partial charge on any atom is -0.347 e. The maximum absolute atomic E-state index is 12.5. The molecule has 0 unspecified atom stereocenters. The number of rotatable bonds is 6. The zero-order valence-electron chi connectivity index (χ0n) is 15.6. The normalized spacial score (nSPS) is 32.0. The number of aromatic nitrogens is 2. The van der Waals surface area contributed by atoms with Gasteiger partial charge < -0.3 is 5.32 Å². The van der Waals surface area contributed by atoms with Crippen LogP contribution in [0, 0.1) is 23.2 Å². The molecule has 0 aliphatic heterocycles. The van der Waals surface area contributed by atoms with E-state index >= 15 is 0 Å². The van der Waals surface area contributed by atoms with Gasteiger partial charge in [-0.05, 0) is 61.7 Å². The van der Waals surface area contributed by atoms with Gasteiger partial charge in [-0.2, -0.15) is 0 Å². The van der Waals surface area contributed by atoms with Gasteiger partial charge in [-0.3, -0.25) is 14.9 Å². The Balaban J connectivity index is 1.25. The smallest absolute Gasteiger partial charge is 0.245 e. The molecule has 1 aromatic heterocycles. The van der Waals surface area contributed by atoms with Gasteiger partial charge in [-0.25, -0.2) is 0 Å². The van der Waals surface area contributed by atoms with Gasteiger partial charge in [0.05, 0.1) is 6.54 Å². The SMILES string of the molecule is CC(C)c1nnc(NC(=O)CNC(=O)CC23CC4CC(CC(C4)C2)C3)s1. The Kier molecular flexibility index (Phi) is 4.75. The maximum Gasteiger partial charge on any atom is 0.245 e. The molecular formula is C19H28N4O2S. The molecule has 0 spiro atoms. The van der Waals surface area contributed by atoms with Gasteiger partial charge in [-0.15, -0.1) is 10.2 Å². The Bertz CT molecular complexity index is 664. The van der Waals surface area contributed by atoms with Crippen LogP contribution in [0.4, 0.5) is 5.13 Å². The molecular weight excluding hydrogens is 348 g/mol. The fourth-order valence-electron chi connectivity index (χ4n) is 5.77. The Morgan fingerprint density at radius 2 is 1.69 bits per heavy atom. The molecule has 7 heteroatoms. The number of carbonyl (C=O) groups is 2. The van der Waals surface area contributed by atoms with Crippen molar-refractivity contribution in [2.45, 2.75) is 64.7 Å². The molecule has 0 atom stereocenters. The Morgan fingerprint density at radius 3 is 2.23 bits per heavy atom. The van der Waals surface area contributed by atoms with E-state index in [1.54, 1.807) is 0 Å². The van der Waals surface area contributed by atoms with E-state index in [1.165, 1.54) is 49.9 Å². The van der Waals surface area contributed by atoms with Crippen molar-refractivity contribution in [2.75, 3.05) is 11.9 Å². The standard InChI is InChI=1S/C19H28N4O2S/c1-11(2)17-22-23-18(26-17)21-16(25)10-20-15(24)9-19-6-12-3-13(7-19)5-14(4-12)8-19/h11-14H,3-10H2,1-2H3,(H,20,24)(H,21,23,25). The third-order valence-corrected chi connectivity index (χ3v) is 7.47. The van der Waals surface area contributed by atoms with Gasteiger partial charge in [0.1, 0.15) is 5.01 Å². The van der Waals surface area contributed by atoms with Crippen LogP contribution in [0.2, 0.25) is 0 Å². The number of amides is 2. The summed E-state index contributed by atoms with van der Waals surface area (Å²) in [5.74, 6) is 2.58. The number of hydrogen-bond donors (Lipinski definition) is 2. The molecule has 0 radical (unpaired) electrons. The molecule has 4 bridgehead atoms. The van der Waals surface area contributed by atoms with E-state index in [4.69, 9.17) is 0 Å². The van der Waals surface area contributed by atoms with Crippen LogP contribution in [0.3, 0.4) is 0 Å². The van der Waals surface area contributed by atoms with Crippen LogP contribution in [0.15, 0.2) is 0 Å². The second-order valence-corrected chi connectivity index (χ2v) is 10.0. The topological polar surface area (TPSA) is 84.0 Å². The lowest BCUT2D eigenvalue weighted by molar-refractivity contribution is -0.131. The van der Waals surface area contributed by atoms with E-state index in [1.807, 2.05) is 13.8 Å². The van der Waals surface area contributed by atoms with Gasteiger partial charge in [0, 0.05) is 12.3 Å². The van der Waals surface area contributed by atoms with Gasteiger partial charge >= 0.3 is 0 Å². The maximum atomic E-state index is 12.5. The minimum absolute atomic E-state index is 0.00178. The quantitative estimate of drug-likeness (QED) is 0.798. The Labute approximate surface area is 158 Å². The highest BCUT2D eigenvalue weighted by Gasteiger charge is 2.51. The van der Waals surface area contributed by atoms with E-state index in [9.17, 15) is 9.59 Å². The molecule has 142 valence electrons. The first kappa shape index (κ1) is 17.9. The lowest BCUT2D eigenvalue weighted by Crippen LogP contribution is -2.48. The van der Waals surface area contributed by atoms with Crippen molar-refractivity contribution in [2.24, 2.45) is 23.2 Å². The molecule has 1 aromatic rings. The van der Waals surface area contributed by atoms with Gasteiger partial charge in [-0.1, -0.05) is 25.2 Å². The molecule has 4 aliphatic carbocycles. The van der Waals surface area contributed by atoms with Crippen LogP contribution in [-0.2, 0) is 9.59 Å². The molecule has 6 nitrogen and oxygen atoms in total. The van der Waals surface area contributed by atoms with Crippen molar-refractivity contribution in [3.8, 4) is 0 Å². The fourth-order valence-corrected chi connectivity index (χ4v) is 6.53. The van der Waals surface area contributed by atoms with Crippen molar-refractivity contribution >= 4 is 28.3 Å². The molecule has 4 fully saturated rings. The van der Waals surface area contributed by atoms with E-state index in [2.05, 4.69) is 20.8 Å². The first-order chi connectivity index (χ1) is 12.4. The number of anilines is 1. The van der Waals surface area contributed by atoms with Crippen molar-refractivity contribution in [3.63, 3.8) is 0 Å². The van der Waals surface area contributed by atoms with Crippen LogP contribution in [0.1, 0.15) is 69.7 Å². The lowest BCUT2D eigenvalue weighted by atomic mass is 9.49. The average Bonchev–Trinajstić information content (AvgIpc) is 3.00. The van der Waals surface area contributed by atoms with Gasteiger partial charge in [0.15, 0.2) is 0 Å². The Morgan fingerprint density at radius 1 is 1.08 bits per heavy atom. The summed E-state index contributed by atoms with van der Waals surface area (Å²) in [6.07, 6.45) is 8.35. The molecule has 0 saturated heterocycles. The van der Waals surface area contributed by atoms with Crippen molar-refractivity contribution < 1.29 is 9.59 Å². The van der Waals surface area contributed by atoms with E-state index in [-0.39, 0.29) is 29.7 Å². The first-order valence-corrected chi connectivity index (χ1v) is 10.6. The second kappa shape index (κ2) is 6.91. The van der Waals surface area contributed by atoms with Gasteiger partial charge in [0.2, 0.25) is 16.9 Å². The third kappa shape index (κ3) is 3.77. The van der Waals surface area contributed by atoms with E-state index in [0.717, 1.165) is 22.8 Å². The summed E-state index contributed by atoms with van der Waals surface area (Å²) in [5, 5.41) is 15.0.